The summed E-state index contributed by atoms with van der Waals surface area (Å²) in [6.07, 6.45) is 0. The fourth-order valence-electron chi connectivity index (χ4n) is 4.06. The molecule has 0 aliphatic carbocycles. The van der Waals surface area contributed by atoms with Crippen molar-refractivity contribution in [3.8, 4) is 5.75 Å². The first kappa shape index (κ1) is 22.3. The van der Waals surface area contributed by atoms with Crippen LogP contribution in [0.3, 0.4) is 0 Å². The highest BCUT2D eigenvalue weighted by Gasteiger charge is 2.39. The SMILES string of the molecule is Cc1cc(C)cc(OCCN2C(=O)C(Nc3cccc(C)c3C)=C(c3ccccc3)C2=O)c1. The van der Waals surface area contributed by atoms with E-state index in [1.807, 2.05) is 88.4 Å². The lowest BCUT2D eigenvalue weighted by Crippen LogP contribution is -2.36. The lowest BCUT2D eigenvalue weighted by Gasteiger charge is -2.17. The van der Waals surface area contributed by atoms with E-state index in [0.29, 0.717) is 16.8 Å². The van der Waals surface area contributed by atoms with Gasteiger partial charge in [-0.25, -0.2) is 0 Å². The number of hydrogen-bond acceptors (Lipinski definition) is 4. The first-order valence-corrected chi connectivity index (χ1v) is 11.1. The fourth-order valence-corrected chi connectivity index (χ4v) is 4.06. The van der Waals surface area contributed by atoms with Crippen molar-refractivity contribution in [3.05, 3.63) is 100 Å². The van der Waals surface area contributed by atoms with Crippen LogP contribution in [0.1, 0.15) is 27.8 Å². The summed E-state index contributed by atoms with van der Waals surface area (Å²) in [7, 11) is 0. The molecule has 3 aromatic rings. The molecule has 1 N–H and O–H groups in total. The number of rotatable bonds is 7. The molecule has 4 rings (SSSR count). The third kappa shape index (κ3) is 4.67. The maximum atomic E-state index is 13.4. The highest BCUT2D eigenvalue weighted by atomic mass is 16.5. The number of anilines is 1. The number of ether oxygens (including phenoxy) is 1. The van der Waals surface area contributed by atoms with E-state index >= 15 is 0 Å². The Hall–Kier alpha value is -3.86. The summed E-state index contributed by atoms with van der Waals surface area (Å²) in [4.78, 5) is 28.0. The number of carbonyl (C=O) groups excluding carboxylic acids is 2. The Kier molecular flexibility index (Phi) is 6.31. The third-order valence-electron chi connectivity index (χ3n) is 5.87. The molecule has 2 amide bonds. The molecule has 1 aliphatic heterocycles. The largest absolute Gasteiger partial charge is 0.492 e. The van der Waals surface area contributed by atoms with Crippen molar-refractivity contribution in [2.24, 2.45) is 0 Å². The van der Waals surface area contributed by atoms with Crippen LogP contribution < -0.4 is 10.1 Å². The topological polar surface area (TPSA) is 58.6 Å². The molecular weight excluding hydrogens is 412 g/mol. The maximum Gasteiger partial charge on any atom is 0.278 e. The van der Waals surface area contributed by atoms with Gasteiger partial charge in [0.15, 0.2) is 0 Å². The van der Waals surface area contributed by atoms with Gasteiger partial charge >= 0.3 is 0 Å². The first-order chi connectivity index (χ1) is 15.8. The van der Waals surface area contributed by atoms with E-state index in [4.69, 9.17) is 4.74 Å². The molecule has 0 unspecified atom stereocenters. The Bertz CT molecular complexity index is 1230. The molecule has 0 bridgehead atoms. The van der Waals surface area contributed by atoms with Crippen LogP contribution in [0.2, 0.25) is 0 Å². The van der Waals surface area contributed by atoms with Gasteiger partial charge in [-0.05, 0) is 73.7 Å². The van der Waals surface area contributed by atoms with Crippen LogP contribution in [0.5, 0.6) is 5.75 Å². The van der Waals surface area contributed by atoms with Gasteiger partial charge in [-0.2, -0.15) is 0 Å². The van der Waals surface area contributed by atoms with E-state index in [2.05, 4.69) is 11.4 Å². The molecule has 0 saturated carbocycles. The van der Waals surface area contributed by atoms with Crippen LogP contribution in [0.15, 0.2) is 72.4 Å². The smallest absolute Gasteiger partial charge is 0.278 e. The van der Waals surface area contributed by atoms with Crippen molar-refractivity contribution in [1.29, 1.82) is 0 Å². The van der Waals surface area contributed by atoms with Gasteiger partial charge in [0.05, 0.1) is 12.1 Å². The van der Waals surface area contributed by atoms with E-state index < -0.39 is 0 Å². The van der Waals surface area contributed by atoms with Crippen LogP contribution in [0.25, 0.3) is 5.57 Å². The van der Waals surface area contributed by atoms with E-state index in [1.165, 1.54) is 4.90 Å². The molecule has 5 nitrogen and oxygen atoms in total. The Balaban J connectivity index is 1.60. The van der Waals surface area contributed by atoms with Crippen LogP contribution in [-0.4, -0.2) is 29.9 Å². The van der Waals surface area contributed by atoms with Crippen molar-refractivity contribution >= 4 is 23.1 Å². The lowest BCUT2D eigenvalue weighted by atomic mass is 10.0. The summed E-state index contributed by atoms with van der Waals surface area (Å²) in [5, 5.41) is 3.26. The monoisotopic (exact) mass is 440 g/mol. The zero-order valence-corrected chi connectivity index (χ0v) is 19.4. The lowest BCUT2D eigenvalue weighted by molar-refractivity contribution is -0.137. The summed E-state index contributed by atoms with van der Waals surface area (Å²) in [6, 6.07) is 21.1. The Labute approximate surface area is 194 Å². The number of hydrogen-bond donors (Lipinski definition) is 1. The predicted octanol–water partition coefficient (Wildman–Crippen LogP) is 5.19. The normalized spacial score (nSPS) is 13.6. The standard InChI is InChI=1S/C28H28N2O3/c1-18-15-19(2)17-23(16-18)33-14-13-30-27(31)25(22-10-6-5-7-11-22)26(28(30)32)29-24-12-8-9-20(3)21(24)4/h5-12,15-17,29H,13-14H2,1-4H3. The number of amides is 2. The van der Waals surface area contributed by atoms with Crippen molar-refractivity contribution in [2.75, 3.05) is 18.5 Å². The van der Waals surface area contributed by atoms with E-state index in [1.54, 1.807) is 0 Å². The minimum atomic E-state index is -0.344. The van der Waals surface area contributed by atoms with Crippen LogP contribution in [0.4, 0.5) is 5.69 Å². The highest BCUT2D eigenvalue weighted by molar-refractivity contribution is 6.36. The van der Waals surface area contributed by atoms with E-state index in [0.717, 1.165) is 33.7 Å². The van der Waals surface area contributed by atoms with Crippen LogP contribution in [0, 0.1) is 27.7 Å². The molecule has 1 heterocycles. The molecular formula is C28H28N2O3. The van der Waals surface area contributed by atoms with Gasteiger partial charge in [0.2, 0.25) is 0 Å². The van der Waals surface area contributed by atoms with Crippen molar-refractivity contribution in [2.45, 2.75) is 27.7 Å². The number of benzene rings is 3. The Morgan fingerprint density at radius 3 is 2.21 bits per heavy atom. The zero-order chi connectivity index (χ0) is 23.5. The second kappa shape index (κ2) is 9.33. The molecule has 0 saturated heterocycles. The van der Waals surface area contributed by atoms with E-state index in [-0.39, 0.29) is 25.0 Å². The molecule has 3 aromatic carbocycles. The number of carbonyl (C=O) groups is 2. The Morgan fingerprint density at radius 1 is 0.818 bits per heavy atom. The molecule has 33 heavy (non-hydrogen) atoms. The molecule has 0 radical (unpaired) electrons. The summed E-state index contributed by atoms with van der Waals surface area (Å²) >= 11 is 0. The molecule has 0 aromatic heterocycles. The minimum Gasteiger partial charge on any atom is -0.492 e. The zero-order valence-electron chi connectivity index (χ0n) is 19.4. The van der Waals surface area contributed by atoms with Crippen molar-refractivity contribution in [1.82, 2.24) is 4.90 Å². The minimum absolute atomic E-state index is 0.166. The maximum absolute atomic E-state index is 13.4. The van der Waals surface area contributed by atoms with Gasteiger partial charge < -0.3 is 10.1 Å². The molecule has 168 valence electrons. The van der Waals surface area contributed by atoms with Crippen molar-refractivity contribution < 1.29 is 14.3 Å². The molecule has 5 heteroatoms. The third-order valence-corrected chi connectivity index (χ3v) is 5.87. The van der Waals surface area contributed by atoms with E-state index in [9.17, 15) is 9.59 Å². The predicted molar refractivity (Wildman–Crippen MR) is 131 cm³/mol. The second-order valence-corrected chi connectivity index (χ2v) is 8.42. The number of imide groups is 1. The average molecular weight is 441 g/mol. The van der Waals surface area contributed by atoms with Gasteiger partial charge in [-0.15, -0.1) is 0 Å². The highest BCUT2D eigenvalue weighted by Crippen LogP contribution is 2.31. The van der Waals surface area contributed by atoms with Crippen LogP contribution >= 0.6 is 0 Å². The second-order valence-electron chi connectivity index (χ2n) is 8.42. The van der Waals surface area contributed by atoms with Gasteiger partial charge in [-0.3, -0.25) is 14.5 Å². The summed E-state index contributed by atoms with van der Waals surface area (Å²) in [6.45, 7) is 8.42. The van der Waals surface area contributed by atoms with Gasteiger partial charge in [0.1, 0.15) is 18.1 Å². The number of nitrogens with zero attached hydrogens (tertiary/aromatic N) is 1. The summed E-state index contributed by atoms with van der Waals surface area (Å²) in [5.74, 6) is 0.0726. The number of aryl methyl sites for hydroxylation is 3. The van der Waals surface area contributed by atoms with Gasteiger partial charge in [0, 0.05) is 5.69 Å². The average Bonchev–Trinajstić information content (AvgIpc) is 3.01. The first-order valence-electron chi connectivity index (χ1n) is 11.1. The molecule has 0 spiro atoms. The quantitative estimate of drug-likeness (QED) is 0.514. The van der Waals surface area contributed by atoms with Gasteiger partial charge in [-0.1, -0.05) is 48.5 Å². The van der Waals surface area contributed by atoms with Crippen LogP contribution in [-0.2, 0) is 9.59 Å². The van der Waals surface area contributed by atoms with Gasteiger partial charge in [0.25, 0.3) is 11.8 Å². The molecule has 0 atom stereocenters. The summed E-state index contributed by atoms with van der Waals surface area (Å²) in [5.41, 5.74) is 6.55. The Morgan fingerprint density at radius 2 is 1.52 bits per heavy atom. The molecule has 0 fully saturated rings. The number of nitrogens with one attached hydrogen (secondary N) is 1. The summed E-state index contributed by atoms with van der Waals surface area (Å²) < 4.78 is 5.87. The molecule has 1 aliphatic rings. The fraction of sp³-hybridized carbons (Fsp3) is 0.214. The van der Waals surface area contributed by atoms with Crippen molar-refractivity contribution in [3.63, 3.8) is 0 Å².